The molecule has 1 aromatic rings. The maximum atomic E-state index is 3.66. The summed E-state index contributed by atoms with van der Waals surface area (Å²) >= 11 is 0. The summed E-state index contributed by atoms with van der Waals surface area (Å²) in [7, 11) is 0. The Kier molecular flexibility index (Phi) is 5.91. The fraction of sp³-hybridized carbons (Fsp3) is 0.667. The van der Waals surface area contributed by atoms with Crippen LogP contribution in [-0.2, 0) is 19.3 Å². The summed E-state index contributed by atoms with van der Waals surface area (Å²) in [5.74, 6) is 0. The predicted molar refractivity (Wildman–Crippen MR) is 83.8 cm³/mol. The van der Waals surface area contributed by atoms with Crippen molar-refractivity contribution in [2.24, 2.45) is 0 Å². The summed E-state index contributed by atoms with van der Waals surface area (Å²) in [4.78, 5) is 0. The van der Waals surface area contributed by atoms with Crippen LogP contribution in [0.2, 0.25) is 0 Å². The molecule has 1 N–H and O–H groups in total. The third kappa shape index (κ3) is 4.35. The van der Waals surface area contributed by atoms with E-state index in [1.807, 2.05) is 0 Å². The van der Waals surface area contributed by atoms with Gasteiger partial charge < -0.3 is 5.32 Å². The van der Waals surface area contributed by atoms with Crippen LogP contribution in [-0.4, -0.2) is 12.6 Å². The van der Waals surface area contributed by atoms with Crippen molar-refractivity contribution in [2.75, 3.05) is 6.54 Å². The number of unbranched alkanes of at least 4 members (excludes halogenated alkanes) is 2. The van der Waals surface area contributed by atoms with Gasteiger partial charge in [-0.2, -0.15) is 0 Å². The average Bonchev–Trinajstić information content (AvgIpc) is 2.86. The Morgan fingerprint density at radius 2 is 1.95 bits per heavy atom. The van der Waals surface area contributed by atoms with Gasteiger partial charge in [0.25, 0.3) is 0 Å². The van der Waals surface area contributed by atoms with Crippen LogP contribution in [0, 0.1) is 0 Å². The van der Waals surface area contributed by atoms with E-state index in [1.165, 1.54) is 56.9 Å². The molecule has 1 aliphatic carbocycles. The number of likely N-dealkylation sites (N-methyl/N-ethyl adjacent to an activating group) is 1. The summed E-state index contributed by atoms with van der Waals surface area (Å²) in [5.41, 5.74) is 4.74. The van der Waals surface area contributed by atoms with Crippen molar-refractivity contribution in [1.29, 1.82) is 0 Å². The first kappa shape index (κ1) is 14.6. The zero-order valence-corrected chi connectivity index (χ0v) is 12.7. The SMILES string of the molecule is CCCCCC(Cc1ccc2c(c1)CCC2)NCC. The van der Waals surface area contributed by atoms with E-state index in [1.54, 1.807) is 11.1 Å². The lowest BCUT2D eigenvalue weighted by atomic mass is 9.97. The van der Waals surface area contributed by atoms with E-state index in [4.69, 9.17) is 0 Å². The molecule has 106 valence electrons. The van der Waals surface area contributed by atoms with E-state index in [-0.39, 0.29) is 0 Å². The Labute approximate surface area is 118 Å². The molecule has 2 rings (SSSR count). The highest BCUT2D eigenvalue weighted by molar-refractivity contribution is 5.35. The second kappa shape index (κ2) is 7.69. The number of benzene rings is 1. The Hall–Kier alpha value is -0.820. The van der Waals surface area contributed by atoms with Gasteiger partial charge in [-0.25, -0.2) is 0 Å². The molecule has 0 amide bonds. The minimum absolute atomic E-state index is 0.663. The molecule has 0 saturated heterocycles. The molecular weight excluding hydrogens is 230 g/mol. The van der Waals surface area contributed by atoms with Gasteiger partial charge in [0.15, 0.2) is 0 Å². The van der Waals surface area contributed by atoms with Crippen molar-refractivity contribution < 1.29 is 0 Å². The van der Waals surface area contributed by atoms with E-state index < -0.39 is 0 Å². The highest BCUT2D eigenvalue weighted by Crippen LogP contribution is 2.23. The fourth-order valence-electron chi connectivity index (χ4n) is 3.24. The van der Waals surface area contributed by atoms with Gasteiger partial charge in [-0.1, -0.05) is 51.3 Å². The van der Waals surface area contributed by atoms with E-state index >= 15 is 0 Å². The zero-order valence-electron chi connectivity index (χ0n) is 12.7. The second-order valence-corrected chi connectivity index (χ2v) is 5.91. The van der Waals surface area contributed by atoms with E-state index in [0.717, 1.165) is 6.54 Å². The molecule has 0 saturated carbocycles. The van der Waals surface area contributed by atoms with Crippen LogP contribution in [0.3, 0.4) is 0 Å². The predicted octanol–water partition coefficient (Wildman–Crippen LogP) is 4.28. The number of hydrogen-bond donors (Lipinski definition) is 1. The first-order valence-electron chi connectivity index (χ1n) is 8.17. The Morgan fingerprint density at radius 3 is 2.74 bits per heavy atom. The summed E-state index contributed by atoms with van der Waals surface area (Å²) in [6.45, 7) is 5.58. The Balaban J connectivity index is 1.92. The highest BCUT2D eigenvalue weighted by atomic mass is 14.9. The number of rotatable bonds is 8. The van der Waals surface area contributed by atoms with Crippen molar-refractivity contribution in [3.63, 3.8) is 0 Å². The smallest absolute Gasteiger partial charge is 0.0107 e. The molecule has 0 heterocycles. The normalized spacial score (nSPS) is 15.5. The number of fused-ring (bicyclic) bond motifs is 1. The molecule has 0 aromatic heterocycles. The molecule has 0 radical (unpaired) electrons. The summed E-state index contributed by atoms with van der Waals surface area (Å²) in [6, 6.07) is 7.85. The lowest BCUT2D eigenvalue weighted by Crippen LogP contribution is -2.30. The molecule has 0 fully saturated rings. The third-order valence-electron chi connectivity index (χ3n) is 4.29. The van der Waals surface area contributed by atoms with E-state index in [0.29, 0.717) is 6.04 Å². The zero-order chi connectivity index (χ0) is 13.5. The number of nitrogens with one attached hydrogen (secondary N) is 1. The Morgan fingerprint density at radius 1 is 1.11 bits per heavy atom. The molecule has 0 spiro atoms. The van der Waals surface area contributed by atoms with Crippen LogP contribution < -0.4 is 5.32 Å². The summed E-state index contributed by atoms with van der Waals surface area (Å²) in [5, 5.41) is 3.66. The van der Waals surface area contributed by atoms with E-state index in [2.05, 4.69) is 37.4 Å². The molecule has 0 bridgehead atoms. The first-order valence-corrected chi connectivity index (χ1v) is 8.17. The molecule has 1 aliphatic rings. The first-order chi connectivity index (χ1) is 9.33. The van der Waals surface area contributed by atoms with Gasteiger partial charge in [-0.3, -0.25) is 0 Å². The molecule has 1 heteroatoms. The monoisotopic (exact) mass is 259 g/mol. The lowest BCUT2D eigenvalue weighted by molar-refractivity contribution is 0.467. The molecule has 1 aromatic carbocycles. The van der Waals surface area contributed by atoms with Gasteiger partial charge in [-0.15, -0.1) is 0 Å². The number of hydrogen-bond acceptors (Lipinski definition) is 1. The minimum atomic E-state index is 0.663. The molecule has 19 heavy (non-hydrogen) atoms. The molecular formula is C18H29N. The maximum absolute atomic E-state index is 3.66. The summed E-state index contributed by atoms with van der Waals surface area (Å²) in [6.07, 6.45) is 10.5. The van der Waals surface area contributed by atoms with Crippen molar-refractivity contribution in [2.45, 2.75) is 71.3 Å². The van der Waals surface area contributed by atoms with Gasteiger partial charge in [0, 0.05) is 6.04 Å². The van der Waals surface area contributed by atoms with Crippen molar-refractivity contribution in [1.82, 2.24) is 5.32 Å². The van der Waals surface area contributed by atoms with Crippen molar-refractivity contribution in [3.8, 4) is 0 Å². The van der Waals surface area contributed by atoms with Gasteiger partial charge in [-0.05, 0) is 55.3 Å². The lowest BCUT2D eigenvalue weighted by Gasteiger charge is -2.18. The molecule has 1 atom stereocenters. The second-order valence-electron chi connectivity index (χ2n) is 5.91. The highest BCUT2D eigenvalue weighted by Gasteiger charge is 2.13. The molecule has 1 unspecified atom stereocenters. The van der Waals surface area contributed by atoms with Crippen LogP contribution in [0.1, 0.15) is 62.6 Å². The van der Waals surface area contributed by atoms with Gasteiger partial charge in [0.1, 0.15) is 0 Å². The molecule has 1 nitrogen and oxygen atoms in total. The van der Waals surface area contributed by atoms with Crippen LogP contribution in [0.15, 0.2) is 18.2 Å². The fourth-order valence-corrected chi connectivity index (χ4v) is 3.24. The van der Waals surface area contributed by atoms with Crippen LogP contribution >= 0.6 is 0 Å². The largest absolute Gasteiger partial charge is 0.314 e. The Bertz CT molecular complexity index is 383. The van der Waals surface area contributed by atoms with Crippen LogP contribution in [0.5, 0.6) is 0 Å². The maximum Gasteiger partial charge on any atom is 0.0107 e. The number of aryl methyl sites for hydroxylation is 2. The van der Waals surface area contributed by atoms with Gasteiger partial charge in [0.2, 0.25) is 0 Å². The standard InChI is InChI=1S/C18H29N/c1-3-5-6-10-18(19-4-2)14-15-11-12-16-8-7-9-17(16)13-15/h11-13,18-19H,3-10,14H2,1-2H3. The van der Waals surface area contributed by atoms with Gasteiger partial charge in [0.05, 0.1) is 0 Å². The quantitative estimate of drug-likeness (QED) is 0.687. The topological polar surface area (TPSA) is 12.0 Å². The van der Waals surface area contributed by atoms with E-state index in [9.17, 15) is 0 Å². The third-order valence-corrected chi connectivity index (χ3v) is 4.29. The van der Waals surface area contributed by atoms with Crippen molar-refractivity contribution in [3.05, 3.63) is 34.9 Å². The van der Waals surface area contributed by atoms with Gasteiger partial charge >= 0.3 is 0 Å². The minimum Gasteiger partial charge on any atom is -0.314 e. The average molecular weight is 259 g/mol. The van der Waals surface area contributed by atoms with Crippen LogP contribution in [0.25, 0.3) is 0 Å². The molecule has 0 aliphatic heterocycles. The van der Waals surface area contributed by atoms with Crippen molar-refractivity contribution >= 4 is 0 Å². The van der Waals surface area contributed by atoms with Crippen LogP contribution in [0.4, 0.5) is 0 Å². The summed E-state index contributed by atoms with van der Waals surface area (Å²) < 4.78 is 0.